The number of methoxy groups -OCH3 is 1. The lowest BCUT2D eigenvalue weighted by atomic mass is 10.00. The molecule has 0 radical (unpaired) electrons. The Bertz CT molecular complexity index is 1640. The number of nitrogens with zero attached hydrogens (tertiary/aromatic N) is 2. The molecule has 0 bridgehead atoms. The summed E-state index contributed by atoms with van der Waals surface area (Å²) in [4.78, 5) is 33.2. The van der Waals surface area contributed by atoms with Crippen LogP contribution in [0.15, 0.2) is 90.1 Å². The maximum atomic E-state index is 13.2. The molecule has 1 atom stereocenters. The van der Waals surface area contributed by atoms with Crippen LogP contribution in [0.3, 0.4) is 0 Å². The van der Waals surface area contributed by atoms with Crippen molar-refractivity contribution in [2.75, 3.05) is 24.3 Å². The Balaban J connectivity index is 1.37. The number of hydrogen-bond acceptors (Lipinski definition) is 5. The number of aliphatic imine (C=N–C) groups is 1. The lowest BCUT2D eigenvalue weighted by molar-refractivity contribution is -0.123. The number of guanidine groups is 1. The number of halogens is 4. The van der Waals surface area contributed by atoms with Crippen molar-refractivity contribution in [3.63, 3.8) is 0 Å². The topological polar surface area (TPSA) is 131 Å². The number of ether oxygens (including phenoxy) is 1. The second-order valence-corrected chi connectivity index (χ2v) is 9.58. The van der Waals surface area contributed by atoms with E-state index in [-0.39, 0.29) is 29.0 Å². The SMILES string of the molecule is COc1cc(C(=O)NCC(F)(F)F)ccc1NC(N)=Nc1ccc(-c2ccc(NC(=O)[C@H](C)c3ccc(F)cc3)cc2)cn1. The molecule has 0 fully saturated rings. The minimum atomic E-state index is -4.53. The van der Waals surface area contributed by atoms with E-state index in [2.05, 4.69) is 20.6 Å². The molecule has 0 unspecified atom stereocenters. The first kappa shape index (κ1) is 31.5. The summed E-state index contributed by atoms with van der Waals surface area (Å²) in [7, 11) is 1.33. The molecule has 44 heavy (non-hydrogen) atoms. The van der Waals surface area contributed by atoms with Gasteiger partial charge in [0.15, 0.2) is 11.8 Å². The maximum absolute atomic E-state index is 13.2. The van der Waals surface area contributed by atoms with Crippen molar-refractivity contribution >= 4 is 35.0 Å². The number of alkyl halides is 3. The Morgan fingerprint density at radius 3 is 2.25 bits per heavy atom. The van der Waals surface area contributed by atoms with Gasteiger partial charge in [-0.05, 0) is 72.6 Å². The van der Waals surface area contributed by atoms with Gasteiger partial charge in [-0.3, -0.25) is 9.59 Å². The number of carbonyl (C=O) groups is 2. The first-order chi connectivity index (χ1) is 20.9. The molecule has 9 nitrogen and oxygen atoms in total. The fourth-order valence-corrected chi connectivity index (χ4v) is 4.03. The highest BCUT2D eigenvalue weighted by molar-refractivity contribution is 5.98. The van der Waals surface area contributed by atoms with E-state index in [0.717, 1.165) is 11.1 Å². The Hall–Kier alpha value is -5.46. The fraction of sp³-hybridized carbons (Fsp3) is 0.161. The molecule has 1 heterocycles. The maximum Gasteiger partial charge on any atom is 0.405 e. The van der Waals surface area contributed by atoms with E-state index in [1.54, 1.807) is 54.8 Å². The molecule has 1 aromatic heterocycles. The minimum Gasteiger partial charge on any atom is -0.495 e. The van der Waals surface area contributed by atoms with Crippen LogP contribution < -0.4 is 26.4 Å². The van der Waals surface area contributed by atoms with Gasteiger partial charge >= 0.3 is 6.18 Å². The van der Waals surface area contributed by atoms with E-state index in [9.17, 15) is 27.2 Å². The molecule has 0 spiro atoms. The standard InChI is InChI=1S/C31H28F4N6O3/c1-18(19-3-9-23(32)10-4-19)28(42)39-24-11-5-20(6-12-24)22-8-14-27(37-16-22)41-30(36)40-25-13-7-21(15-26(25)44-2)29(43)38-17-31(33,34)35/h3-16,18H,17H2,1-2H3,(H,38,43)(H,39,42)(H3,36,37,40,41)/t18-/m1/s1. The van der Waals surface area contributed by atoms with Gasteiger partial charge in [0.05, 0.1) is 18.7 Å². The van der Waals surface area contributed by atoms with Crippen LogP contribution in [0, 0.1) is 5.82 Å². The number of rotatable bonds is 9. The van der Waals surface area contributed by atoms with Gasteiger partial charge in [-0.1, -0.05) is 24.3 Å². The predicted molar refractivity (Wildman–Crippen MR) is 159 cm³/mol. The van der Waals surface area contributed by atoms with E-state index >= 15 is 0 Å². The first-order valence-electron chi connectivity index (χ1n) is 13.2. The number of carbonyl (C=O) groups excluding carboxylic acids is 2. The summed E-state index contributed by atoms with van der Waals surface area (Å²) in [5, 5.41) is 7.47. The summed E-state index contributed by atoms with van der Waals surface area (Å²) in [5.41, 5.74) is 9.25. The van der Waals surface area contributed by atoms with E-state index in [4.69, 9.17) is 10.5 Å². The van der Waals surface area contributed by atoms with Gasteiger partial charge in [0, 0.05) is 23.0 Å². The van der Waals surface area contributed by atoms with Gasteiger partial charge in [-0.2, -0.15) is 18.2 Å². The van der Waals surface area contributed by atoms with Gasteiger partial charge in [0.25, 0.3) is 5.91 Å². The second-order valence-electron chi connectivity index (χ2n) is 9.58. The number of nitrogens with two attached hydrogens (primary N) is 1. The van der Waals surface area contributed by atoms with Crippen molar-refractivity contribution in [2.24, 2.45) is 10.7 Å². The average molecular weight is 609 g/mol. The van der Waals surface area contributed by atoms with E-state index < -0.39 is 24.5 Å². The third-order valence-corrected chi connectivity index (χ3v) is 6.41. The highest BCUT2D eigenvalue weighted by atomic mass is 19.4. The minimum absolute atomic E-state index is 0.0283. The van der Waals surface area contributed by atoms with Crippen LogP contribution in [-0.2, 0) is 4.79 Å². The fourth-order valence-electron chi connectivity index (χ4n) is 4.03. The van der Waals surface area contributed by atoms with Crippen LogP contribution in [0.1, 0.15) is 28.8 Å². The van der Waals surface area contributed by atoms with Crippen molar-refractivity contribution < 1.29 is 31.9 Å². The van der Waals surface area contributed by atoms with Crippen LogP contribution >= 0.6 is 0 Å². The molecule has 3 aromatic carbocycles. The third kappa shape index (κ3) is 8.53. The number of amides is 2. The van der Waals surface area contributed by atoms with Crippen molar-refractivity contribution in [3.05, 3.63) is 102 Å². The van der Waals surface area contributed by atoms with Crippen LogP contribution in [-0.4, -0.2) is 42.6 Å². The van der Waals surface area contributed by atoms with Crippen molar-refractivity contribution in [1.82, 2.24) is 10.3 Å². The molecule has 4 rings (SSSR count). The number of anilines is 2. The summed E-state index contributed by atoms with van der Waals surface area (Å²) in [6.07, 6.45) is -2.93. The molecule has 2 amide bonds. The zero-order chi connectivity index (χ0) is 31.9. The number of nitrogens with one attached hydrogen (secondary N) is 3. The van der Waals surface area contributed by atoms with E-state index in [1.807, 2.05) is 12.1 Å². The highest BCUT2D eigenvalue weighted by Gasteiger charge is 2.28. The molecule has 0 aliphatic rings. The van der Waals surface area contributed by atoms with Gasteiger partial charge in [-0.15, -0.1) is 0 Å². The zero-order valence-electron chi connectivity index (χ0n) is 23.6. The summed E-state index contributed by atoms with van der Waals surface area (Å²) >= 11 is 0. The number of pyridine rings is 1. The van der Waals surface area contributed by atoms with Crippen LogP contribution in [0.25, 0.3) is 11.1 Å². The van der Waals surface area contributed by atoms with E-state index in [1.165, 1.54) is 37.4 Å². The first-order valence-corrected chi connectivity index (χ1v) is 13.2. The number of aromatic nitrogens is 1. The monoisotopic (exact) mass is 608 g/mol. The quantitative estimate of drug-likeness (QED) is 0.105. The highest BCUT2D eigenvalue weighted by Crippen LogP contribution is 2.27. The van der Waals surface area contributed by atoms with Crippen LogP contribution in [0.5, 0.6) is 5.75 Å². The third-order valence-electron chi connectivity index (χ3n) is 6.41. The normalized spacial score (nSPS) is 12.3. The summed E-state index contributed by atoms with van der Waals surface area (Å²) in [5.74, 6) is -1.55. The predicted octanol–water partition coefficient (Wildman–Crippen LogP) is 5.99. The molecular formula is C31H28F4N6O3. The van der Waals surface area contributed by atoms with Gasteiger partial charge in [-0.25, -0.2) is 9.37 Å². The smallest absolute Gasteiger partial charge is 0.405 e. The molecule has 5 N–H and O–H groups in total. The lowest BCUT2D eigenvalue weighted by Crippen LogP contribution is -2.33. The zero-order valence-corrected chi connectivity index (χ0v) is 23.6. The molecule has 4 aromatic rings. The van der Waals surface area contributed by atoms with Crippen molar-refractivity contribution in [1.29, 1.82) is 0 Å². The molecule has 0 aliphatic carbocycles. The molecule has 228 valence electrons. The summed E-state index contributed by atoms with van der Waals surface area (Å²) < 4.78 is 55.6. The largest absolute Gasteiger partial charge is 0.495 e. The van der Waals surface area contributed by atoms with Gasteiger partial charge in [0.2, 0.25) is 5.91 Å². The van der Waals surface area contributed by atoms with Crippen LogP contribution in [0.4, 0.5) is 34.8 Å². The Morgan fingerprint density at radius 2 is 1.64 bits per heavy atom. The summed E-state index contributed by atoms with van der Waals surface area (Å²) in [6, 6.07) is 20.4. The Labute approximate surface area is 250 Å². The summed E-state index contributed by atoms with van der Waals surface area (Å²) in [6.45, 7) is 0.288. The second kappa shape index (κ2) is 13.7. The molecular weight excluding hydrogens is 580 g/mol. The number of benzene rings is 3. The van der Waals surface area contributed by atoms with E-state index in [0.29, 0.717) is 22.8 Å². The molecule has 0 saturated heterocycles. The lowest BCUT2D eigenvalue weighted by Gasteiger charge is -2.13. The molecule has 0 aliphatic heterocycles. The Kier molecular flexibility index (Phi) is 9.78. The Morgan fingerprint density at radius 1 is 0.955 bits per heavy atom. The number of hydrogen-bond donors (Lipinski definition) is 4. The van der Waals surface area contributed by atoms with Gasteiger partial charge < -0.3 is 26.4 Å². The molecule has 0 saturated carbocycles. The van der Waals surface area contributed by atoms with Crippen LogP contribution in [0.2, 0.25) is 0 Å². The van der Waals surface area contributed by atoms with Crippen molar-refractivity contribution in [2.45, 2.75) is 19.0 Å². The molecule has 13 heteroatoms. The van der Waals surface area contributed by atoms with Gasteiger partial charge in [0.1, 0.15) is 18.1 Å². The average Bonchev–Trinajstić information content (AvgIpc) is 3.00. The van der Waals surface area contributed by atoms with Crippen molar-refractivity contribution in [3.8, 4) is 16.9 Å².